The Morgan fingerprint density at radius 2 is 1.96 bits per heavy atom. The lowest BCUT2D eigenvalue weighted by molar-refractivity contribution is 0.102. The summed E-state index contributed by atoms with van der Waals surface area (Å²) in [5, 5.41) is 2.69. The molecule has 0 atom stereocenters. The van der Waals surface area contributed by atoms with Gasteiger partial charge in [0.05, 0.1) is 23.7 Å². The second kappa shape index (κ2) is 7.20. The number of nitrogens with one attached hydrogen (secondary N) is 1. The summed E-state index contributed by atoms with van der Waals surface area (Å²) in [6.07, 6.45) is 2.64. The van der Waals surface area contributed by atoms with E-state index in [9.17, 15) is 13.2 Å². The summed E-state index contributed by atoms with van der Waals surface area (Å²) in [5.41, 5.74) is 0.826. The predicted molar refractivity (Wildman–Crippen MR) is 94.8 cm³/mol. The Morgan fingerprint density at radius 3 is 2.60 bits per heavy atom. The highest BCUT2D eigenvalue weighted by Gasteiger charge is 2.14. The fourth-order valence-corrected chi connectivity index (χ4v) is 3.17. The molecule has 8 heteroatoms. The second-order valence-electron chi connectivity index (χ2n) is 5.76. The maximum Gasteiger partial charge on any atom is 0.257 e. The number of carbonyl (C=O) groups excluding carboxylic acids is 1. The molecule has 0 aliphatic carbocycles. The van der Waals surface area contributed by atoms with Crippen molar-refractivity contribution in [2.75, 3.05) is 42.8 Å². The lowest BCUT2D eigenvalue weighted by Crippen LogP contribution is -2.36. The van der Waals surface area contributed by atoms with Gasteiger partial charge in [-0.25, -0.2) is 13.4 Å². The topological polar surface area (TPSA) is 88.6 Å². The fourth-order valence-electron chi connectivity index (χ4n) is 2.51. The SMILES string of the molecule is CS(=O)(=O)c1cccc(NC(=O)c2ccc(N3CCOCC3)nc2)c1. The highest BCUT2D eigenvalue weighted by molar-refractivity contribution is 7.90. The van der Waals surface area contributed by atoms with Crippen molar-refractivity contribution < 1.29 is 17.9 Å². The Kier molecular flexibility index (Phi) is 5.00. The van der Waals surface area contributed by atoms with E-state index in [1.807, 2.05) is 0 Å². The van der Waals surface area contributed by atoms with Crippen molar-refractivity contribution >= 4 is 27.2 Å². The lowest BCUT2D eigenvalue weighted by atomic mass is 10.2. The van der Waals surface area contributed by atoms with Crippen molar-refractivity contribution in [2.45, 2.75) is 4.90 Å². The number of pyridine rings is 1. The average molecular weight is 361 g/mol. The Labute approximate surface area is 146 Å². The number of anilines is 2. The molecule has 0 spiro atoms. The molecular formula is C17H19N3O4S. The average Bonchev–Trinajstić information content (AvgIpc) is 2.62. The molecule has 1 fully saturated rings. The van der Waals surface area contributed by atoms with E-state index in [0.29, 0.717) is 24.5 Å². The van der Waals surface area contributed by atoms with Gasteiger partial charge in [-0.1, -0.05) is 6.07 Å². The van der Waals surface area contributed by atoms with Gasteiger partial charge in [0, 0.05) is 31.2 Å². The molecule has 0 bridgehead atoms. The molecule has 2 heterocycles. The summed E-state index contributed by atoms with van der Waals surface area (Å²) in [6, 6.07) is 9.65. The van der Waals surface area contributed by atoms with Crippen LogP contribution in [0.15, 0.2) is 47.5 Å². The number of rotatable bonds is 4. The van der Waals surface area contributed by atoms with Gasteiger partial charge in [0.1, 0.15) is 5.82 Å². The summed E-state index contributed by atoms with van der Waals surface area (Å²) in [6.45, 7) is 2.88. The van der Waals surface area contributed by atoms with E-state index in [0.717, 1.165) is 25.2 Å². The number of benzene rings is 1. The van der Waals surface area contributed by atoms with Gasteiger partial charge < -0.3 is 15.0 Å². The normalized spacial score (nSPS) is 15.0. The van der Waals surface area contributed by atoms with Gasteiger partial charge >= 0.3 is 0 Å². The Hall–Kier alpha value is -2.45. The number of amides is 1. The van der Waals surface area contributed by atoms with Crippen LogP contribution < -0.4 is 10.2 Å². The highest BCUT2D eigenvalue weighted by atomic mass is 32.2. The molecule has 7 nitrogen and oxygen atoms in total. The quantitative estimate of drug-likeness (QED) is 0.889. The second-order valence-corrected chi connectivity index (χ2v) is 7.77. The Morgan fingerprint density at radius 1 is 1.20 bits per heavy atom. The molecule has 1 amide bonds. The maximum atomic E-state index is 12.3. The van der Waals surface area contributed by atoms with Gasteiger partial charge in [0.25, 0.3) is 5.91 Å². The van der Waals surface area contributed by atoms with Crippen molar-refractivity contribution in [2.24, 2.45) is 0 Å². The first-order chi connectivity index (χ1) is 11.9. The number of nitrogens with zero attached hydrogens (tertiary/aromatic N) is 2. The van der Waals surface area contributed by atoms with E-state index in [1.54, 1.807) is 24.3 Å². The number of aromatic nitrogens is 1. The molecule has 2 aromatic rings. The van der Waals surface area contributed by atoms with E-state index in [2.05, 4.69) is 15.2 Å². The molecular weight excluding hydrogens is 342 g/mol. The van der Waals surface area contributed by atoms with Crippen molar-refractivity contribution in [3.63, 3.8) is 0 Å². The summed E-state index contributed by atoms with van der Waals surface area (Å²) in [4.78, 5) is 18.9. The highest BCUT2D eigenvalue weighted by Crippen LogP contribution is 2.17. The monoisotopic (exact) mass is 361 g/mol. The number of hydrogen-bond acceptors (Lipinski definition) is 6. The molecule has 1 saturated heterocycles. The first-order valence-corrected chi connectivity index (χ1v) is 9.73. The van der Waals surface area contributed by atoms with Crippen LogP contribution in [0.4, 0.5) is 11.5 Å². The minimum atomic E-state index is -3.32. The molecule has 1 aromatic carbocycles. The summed E-state index contributed by atoms with van der Waals surface area (Å²) in [5.74, 6) is 0.464. The minimum Gasteiger partial charge on any atom is -0.378 e. The molecule has 1 aliphatic rings. The molecule has 0 unspecified atom stereocenters. The van der Waals surface area contributed by atoms with E-state index in [4.69, 9.17) is 4.74 Å². The van der Waals surface area contributed by atoms with Crippen molar-refractivity contribution in [1.82, 2.24) is 4.98 Å². The van der Waals surface area contributed by atoms with E-state index < -0.39 is 9.84 Å². The molecule has 1 aromatic heterocycles. The standard InChI is InChI=1S/C17H19N3O4S/c1-25(22,23)15-4-2-3-14(11-15)19-17(21)13-5-6-16(18-12-13)20-7-9-24-10-8-20/h2-6,11-12H,7-10H2,1H3,(H,19,21). The van der Waals surface area contributed by atoms with Crippen LogP contribution in [0.3, 0.4) is 0 Å². The van der Waals surface area contributed by atoms with Crippen LogP contribution in [0, 0.1) is 0 Å². The van der Waals surface area contributed by atoms with Gasteiger partial charge in [-0.05, 0) is 30.3 Å². The third-order valence-corrected chi connectivity index (χ3v) is 4.98. The van der Waals surface area contributed by atoms with Crippen LogP contribution in [0.25, 0.3) is 0 Å². The van der Waals surface area contributed by atoms with Crippen LogP contribution in [0.2, 0.25) is 0 Å². The van der Waals surface area contributed by atoms with Crippen molar-refractivity contribution in [3.05, 3.63) is 48.2 Å². The molecule has 0 radical (unpaired) electrons. The maximum absolute atomic E-state index is 12.3. The smallest absolute Gasteiger partial charge is 0.257 e. The third kappa shape index (κ3) is 4.34. The number of hydrogen-bond donors (Lipinski definition) is 1. The number of carbonyl (C=O) groups is 1. The van der Waals surface area contributed by atoms with Crippen LogP contribution in [-0.4, -0.2) is 51.9 Å². The number of sulfone groups is 1. The Balaban J connectivity index is 1.71. The van der Waals surface area contributed by atoms with Crippen LogP contribution in [0.5, 0.6) is 0 Å². The first-order valence-electron chi connectivity index (χ1n) is 7.84. The summed E-state index contributed by atoms with van der Waals surface area (Å²) >= 11 is 0. The Bertz CT molecular complexity index is 860. The van der Waals surface area contributed by atoms with Crippen LogP contribution in [0.1, 0.15) is 10.4 Å². The van der Waals surface area contributed by atoms with E-state index in [1.165, 1.54) is 18.3 Å². The zero-order valence-electron chi connectivity index (χ0n) is 13.8. The van der Waals surface area contributed by atoms with Gasteiger partial charge in [-0.3, -0.25) is 4.79 Å². The largest absolute Gasteiger partial charge is 0.378 e. The summed E-state index contributed by atoms with van der Waals surface area (Å²) in [7, 11) is -3.32. The molecule has 132 valence electrons. The molecule has 3 rings (SSSR count). The zero-order chi connectivity index (χ0) is 17.9. The van der Waals surface area contributed by atoms with E-state index in [-0.39, 0.29) is 10.8 Å². The zero-order valence-corrected chi connectivity index (χ0v) is 14.6. The van der Waals surface area contributed by atoms with Gasteiger partial charge in [-0.15, -0.1) is 0 Å². The van der Waals surface area contributed by atoms with Gasteiger partial charge in [-0.2, -0.15) is 0 Å². The third-order valence-electron chi connectivity index (χ3n) is 3.87. The van der Waals surface area contributed by atoms with Crippen LogP contribution >= 0.6 is 0 Å². The lowest BCUT2D eigenvalue weighted by Gasteiger charge is -2.27. The fraction of sp³-hybridized carbons (Fsp3) is 0.294. The van der Waals surface area contributed by atoms with Gasteiger partial charge in [0.2, 0.25) is 0 Å². The van der Waals surface area contributed by atoms with Crippen LogP contribution in [-0.2, 0) is 14.6 Å². The number of ether oxygens (including phenoxy) is 1. The first kappa shape index (κ1) is 17.4. The number of morpholine rings is 1. The predicted octanol–water partition coefficient (Wildman–Crippen LogP) is 1.57. The van der Waals surface area contributed by atoms with E-state index >= 15 is 0 Å². The molecule has 1 N–H and O–H groups in total. The minimum absolute atomic E-state index is 0.158. The summed E-state index contributed by atoms with van der Waals surface area (Å²) < 4.78 is 28.5. The molecule has 0 saturated carbocycles. The van der Waals surface area contributed by atoms with Crippen molar-refractivity contribution in [3.8, 4) is 0 Å². The van der Waals surface area contributed by atoms with Gasteiger partial charge in [0.15, 0.2) is 9.84 Å². The van der Waals surface area contributed by atoms with Crippen molar-refractivity contribution in [1.29, 1.82) is 0 Å². The molecule has 1 aliphatic heterocycles. The molecule has 25 heavy (non-hydrogen) atoms.